The molecule has 2 fully saturated rings. The molecule has 3 unspecified atom stereocenters. The molecule has 2 saturated heterocycles. The van der Waals surface area contributed by atoms with Crippen molar-refractivity contribution in [2.75, 3.05) is 64.5 Å². The molecule has 4 aliphatic rings. The van der Waals surface area contributed by atoms with E-state index in [2.05, 4.69) is 11.1 Å². The number of nitrogens with zero attached hydrogens (tertiary/aromatic N) is 4. The second kappa shape index (κ2) is 15.4. The van der Waals surface area contributed by atoms with Crippen molar-refractivity contribution in [2.45, 2.75) is 31.2 Å². The summed E-state index contributed by atoms with van der Waals surface area (Å²) in [4.78, 5) is 65.9. The van der Waals surface area contributed by atoms with Crippen LogP contribution >= 0.6 is 0 Å². The van der Waals surface area contributed by atoms with Crippen LogP contribution in [-0.2, 0) is 37.5 Å². The topological polar surface area (TPSA) is 145 Å². The lowest BCUT2D eigenvalue weighted by molar-refractivity contribution is -0.142. The van der Waals surface area contributed by atoms with Crippen LogP contribution in [0.4, 0.5) is 5.69 Å². The smallest absolute Gasteiger partial charge is 0.308 e. The molecule has 0 spiro atoms. The van der Waals surface area contributed by atoms with Crippen LogP contribution in [0.5, 0.6) is 5.75 Å². The zero-order valence-electron chi connectivity index (χ0n) is 31.6. The molecule has 0 aliphatic carbocycles. The van der Waals surface area contributed by atoms with Gasteiger partial charge < -0.3 is 29.4 Å². The average molecular weight is 756 g/mol. The number of morpholine rings is 1. The van der Waals surface area contributed by atoms with Gasteiger partial charge >= 0.3 is 5.97 Å². The van der Waals surface area contributed by atoms with Crippen molar-refractivity contribution in [1.82, 2.24) is 14.8 Å². The normalized spacial score (nSPS) is 21.9. The molecule has 3 aromatic carbocycles. The Labute approximate surface area is 325 Å². The van der Waals surface area contributed by atoms with Gasteiger partial charge in [-0.15, -0.1) is 0 Å². The van der Waals surface area contributed by atoms with Gasteiger partial charge in [0.15, 0.2) is 5.78 Å². The molecule has 12 nitrogen and oxygen atoms in total. The maximum atomic E-state index is 13.6. The first-order chi connectivity index (χ1) is 27.1. The molecule has 0 saturated carbocycles. The Kier molecular flexibility index (Phi) is 10.2. The summed E-state index contributed by atoms with van der Waals surface area (Å²) < 4.78 is 11.1. The number of nitrogens with one attached hydrogen (secondary N) is 1. The van der Waals surface area contributed by atoms with E-state index in [-0.39, 0.29) is 43.0 Å². The average Bonchev–Trinajstić information content (AvgIpc) is 4.04. The molecule has 2 N–H and O–H groups in total. The number of aliphatic imine (C=N–C) groups is 1. The summed E-state index contributed by atoms with van der Waals surface area (Å²) in [6.45, 7) is 5.93. The van der Waals surface area contributed by atoms with Gasteiger partial charge in [0, 0.05) is 80.0 Å². The third-order valence-corrected chi connectivity index (χ3v) is 11.6. The number of hydrogen-bond acceptors (Lipinski definition) is 8. The van der Waals surface area contributed by atoms with Crippen LogP contribution in [0.25, 0.3) is 11.3 Å². The number of Topliss-reactive ketones (excluding diaryl/α,β-unsaturated/α-hetero) is 1. The van der Waals surface area contributed by atoms with E-state index < -0.39 is 17.4 Å². The third kappa shape index (κ3) is 7.29. The zero-order valence-corrected chi connectivity index (χ0v) is 31.6. The van der Waals surface area contributed by atoms with Gasteiger partial charge in [0.2, 0.25) is 5.91 Å². The van der Waals surface area contributed by atoms with E-state index in [0.29, 0.717) is 56.3 Å². The number of fused-ring (bicyclic) bond motifs is 1. The predicted octanol–water partition coefficient (Wildman–Crippen LogP) is 4.89. The Hall–Kier alpha value is -5.85. The minimum atomic E-state index is -0.916. The minimum absolute atomic E-state index is 0.0612. The molecule has 2 amide bonds. The Morgan fingerprint density at radius 1 is 0.982 bits per heavy atom. The number of benzene rings is 3. The summed E-state index contributed by atoms with van der Waals surface area (Å²) in [5, 5.41) is 10.0. The fourth-order valence-corrected chi connectivity index (χ4v) is 8.34. The number of hydrogen-bond donors (Lipinski definition) is 2. The second-order valence-corrected chi connectivity index (χ2v) is 15.1. The Morgan fingerprint density at radius 2 is 1.77 bits per heavy atom. The fraction of sp³-hybridized carbons (Fsp3) is 0.341. The van der Waals surface area contributed by atoms with Crippen molar-refractivity contribution in [3.05, 3.63) is 118 Å². The number of carbonyl (C=O) groups excluding carboxylic acids is 3. The van der Waals surface area contributed by atoms with Crippen LogP contribution in [0, 0.1) is 5.92 Å². The predicted molar refractivity (Wildman–Crippen MR) is 211 cm³/mol. The summed E-state index contributed by atoms with van der Waals surface area (Å²) in [6, 6.07) is 23.1. The van der Waals surface area contributed by atoms with E-state index in [0.717, 1.165) is 40.1 Å². The second-order valence-electron chi connectivity index (χ2n) is 15.1. The van der Waals surface area contributed by atoms with E-state index in [1.165, 1.54) is 5.56 Å². The molecular formula is C44H45N5O7. The van der Waals surface area contributed by atoms with Gasteiger partial charge in [-0.25, -0.2) is 0 Å². The number of methoxy groups -OCH3 is 1. The lowest BCUT2D eigenvalue weighted by atomic mass is 9.86. The van der Waals surface area contributed by atoms with Crippen LogP contribution in [0.3, 0.4) is 0 Å². The van der Waals surface area contributed by atoms with Gasteiger partial charge in [-0.1, -0.05) is 48.5 Å². The quantitative estimate of drug-likeness (QED) is 0.220. The number of rotatable bonds is 11. The highest BCUT2D eigenvalue weighted by Gasteiger charge is 2.41. The molecular weight excluding hydrogens is 711 g/mol. The van der Waals surface area contributed by atoms with Gasteiger partial charge in [0.05, 0.1) is 38.3 Å². The van der Waals surface area contributed by atoms with Gasteiger partial charge in [0.1, 0.15) is 11.3 Å². The summed E-state index contributed by atoms with van der Waals surface area (Å²) in [5.74, 6) is -1.57. The number of ether oxygens (including phenoxy) is 2. The van der Waals surface area contributed by atoms with Crippen molar-refractivity contribution < 1.29 is 33.8 Å². The molecule has 1 aromatic heterocycles. The van der Waals surface area contributed by atoms with Crippen molar-refractivity contribution in [1.29, 1.82) is 0 Å². The number of H-pyrrole nitrogens is 1. The molecule has 56 heavy (non-hydrogen) atoms. The molecule has 5 heterocycles. The van der Waals surface area contributed by atoms with Crippen molar-refractivity contribution >= 4 is 35.5 Å². The number of carboxylic acids is 1. The number of aliphatic carboxylic acids is 1. The molecule has 3 atom stereocenters. The highest BCUT2D eigenvalue weighted by molar-refractivity contribution is 6.15. The Balaban J connectivity index is 0.916. The molecule has 288 valence electrons. The number of para-hydroxylation sites is 1. The number of ketones is 1. The van der Waals surface area contributed by atoms with Crippen LogP contribution in [0.1, 0.15) is 45.5 Å². The molecule has 4 aliphatic heterocycles. The first kappa shape index (κ1) is 37.1. The number of allylic oxidation sites excluding steroid dienone is 1. The number of carboxylic acid groups (broad SMARTS) is 1. The highest BCUT2D eigenvalue weighted by atomic mass is 16.5. The van der Waals surface area contributed by atoms with Crippen LogP contribution in [-0.4, -0.2) is 109 Å². The van der Waals surface area contributed by atoms with Gasteiger partial charge in [-0.05, 0) is 65.9 Å². The number of anilines is 1. The minimum Gasteiger partial charge on any atom is -0.496 e. The van der Waals surface area contributed by atoms with E-state index in [1.54, 1.807) is 24.4 Å². The maximum Gasteiger partial charge on any atom is 0.308 e. The molecule has 0 bridgehead atoms. The zero-order chi connectivity index (χ0) is 39.0. The highest BCUT2D eigenvalue weighted by Crippen LogP contribution is 2.38. The van der Waals surface area contributed by atoms with Crippen molar-refractivity contribution in [3.8, 4) is 17.0 Å². The van der Waals surface area contributed by atoms with E-state index >= 15 is 0 Å². The summed E-state index contributed by atoms with van der Waals surface area (Å²) in [5.41, 5.74) is 6.43. The third-order valence-electron chi connectivity index (χ3n) is 11.6. The SMILES string of the molecule is COc1cc(CC(=O)C2=CC(C)(c3ccc(C4CN(C(=O)CN5CCOCC5)CC4C(=O)O)cc3)N=C2)ccc1-c1cc(C(=O)N2CCc3ccccc32)c[nH]1. The van der Waals surface area contributed by atoms with Gasteiger partial charge in [-0.3, -0.25) is 29.1 Å². The Morgan fingerprint density at radius 3 is 2.54 bits per heavy atom. The van der Waals surface area contributed by atoms with E-state index in [9.17, 15) is 24.3 Å². The van der Waals surface area contributed by atoms with Gasteiger partial charge in [0.25, 0.3) is 5.91 Å². The number of carbonyl (C=O) groups is 4. The monoisotopic (exact) mass is 755 g/mol. The number of aromatic nitrogens is 1. The summed E-state index contributed by atoms with van der Waals surface area (Å²) in [7, 11) is 1.58. The fourth-order valence-electron chi connectivity index (χ4n) is 8.34. The van der Waals surface area contributed by atoms with Crippen molar-refractivity contribution in [3.63, 3.8) is 0 Å². The maximum absolute atomic E-state index is 13.6. The molecule has 0 radical (unpaired) electrons. The molecule has 8 rings (SSSR count). The lowest BCUT2D eigenvalue weighted by Crippen LogP contribution is -2.44. The lowest BCUT2D eigenvalue weighted by Gasteiger charge is -2.28. The largest absolute Gasteiger partial charge is 0.496 e. The van der Waals surface area contributed by atoms with Crippen molar-refractivity contribution in [2.24, 2.45) is 10.9 Å². The number of amides is 2. The first-order valence-corrected chi connectivity index (χ1v) is 19.1. The van der Waals surface area contributed by atoms with Gasteiger partial charge in [-0.2, -0.15) is 0 Å². The standard InChI is InChI=1S/C44H45N5O7/c1-44(33-10-8-29(9-11-33)35-25-48(26-36(35)43(53)54)41(51)27-47-15-17-56-18-16-47)22-32(24-46-44)39(50)19-28-7-12-34(40(20-28)55-2)37-21-31(23-45-37)42(52)49-14-13-30-5-3-4-6-38(30)49/h3-12,20-24,35-36,45H,13-19,25-27H2,1-2H3,(H,53,54). The summed E-state index contributed by atoms with van der Waals surface area (Å²) in [6.07, 6.45) is 6.18. The van der Waals surface area contributed by atoms with Crippen LogP contribution in [0.2, 0.25) is 0 Å². The first-order valence-electron chi connectivity index (χ1n) is 19.1. The summed E-state index contributed by atoms with van der Waals surface area (Å²) >= 11 is 0. The van der Waals surface area contributed by atoms with E-state index in [4.69, 9.17) is 14.5 Å². The number of aromatic amines is 1. The van der Waals surface area contributed by atoms with Crippen LogP contribution < -0.4 is 9.64 Å². The number of likely N-dealkylation sites (tertiary alicyclic amines) is 1. The molecule has 4 aromatic rings. The Bertz CT molecular complexity index is 2240. The van der Waals surface area contributed by atoms with E-state index in [1.807, 2.05) is 89.5 Å². The van der Waals surface area contributed by atoms with Crippen LogP contribution in [0.15, 0.2) is 95.6 Å². The molecule has 12 heteroatoms.